The van der Waals surface area contributed by atoms with Gasteiger partial charge in [-0.2, -0.15) is 0 Å². The van der Waals surface area contributed by atoms with Crippen molar-refractivity contribution in [1.82, 2.24) is 4.72 Å². The summed E-state index contributed by atoms with van der Waals surface area (Å²) in [4.78, 5) is 0. The molecule has 0 aromatic heterocycles. The van der Waals surface area contributed by atoms with E-state index in [9.17, 15) is 8.42 Å². The Kier molecular flexibility index (Phi) is 6.70. The molecular formula is C12H25N3O4S. The van der Waals surface area contributed by atoms with Crippen molar-refractivity contribution in [2.24, 2.45) is 10.9 Å². The maximum Gasteiger partial charge on any atom is 0.214 e. The molecule has 1 saturated carbocycles. The van der Waals surface area contributed by atoms with Gasteiger partial charge in [0.25, 0.3) is 0 Å². The highest BCUT2D eigenvalue weighted by Crippen LogP contribution is 2.28. The fourth-order valence-corrected chi connectivity index (χ4v) is 3.84. The van der Waals surface area contributed by atoms with E-state index in [1.54, 1.807) is 0 Å². The summed E-state index contributed by atoms with van der Waals surface area (Å²) in [5.41, 5.74) is 4.79. The van der Waals surface area contributed by atoms with E-state index in [1.165, 1.54) is 0 Å². The Labute approximate surface area is 120 Å². The Morgan fingerprint density at radius 3 is 2.45 bits per heavy atom. The van der Waals surface area contributed by atoms with Gasteiger partial charge in [0.1, 0.15) is 0 Å². The molecule has 0 bridgehead atoms. The molecule has 1 fully saturated rings. The fourth-order valence-electron chi connectivity index (χ4n) is 2.50. The van der Waals surface area contributed by atoms with E-state index in [4.69, 9.17) is 15.7 Å². The number of amidine groups is 1. The summed E-state index contributed by atoms with van der Waals surface area (Å²) in [6.07, 6.45) is 4.87. The summed E-state index contributed by atoms with van der Waals surface area (Å²) in [5, 5.41) is 12.0. The van der Waals surface area contributed by atoms with E-state index in [0.717, 1.165) is 25.7 Å². The van der Waals surface area contributed by atoms with Crippen molar-refractivity contribution in [3.8, 4) is 0 Å². The molecule has 8 heteroatoms. The molecule has 0 unspecified atom stereocenters. The maximum atomic E-state index is 12.1. The topological polar surface area (TPSA) is 114 Å². The first kappa shape index (κ1) is 17.2. The molecule has 0 saturated heterocycles. The summed E-state index contributed by atoms with van der Waals surface area (Å²) in [5.74, 6) is -0.180. The van der Waals surface area contributed by atoms with Crippen LogP contribution in [0.1, 0.15) is 45.4 Å². The van der Waals surface area contributed by atoms with Gasteiger partial charge in [0.15, 0.2) is 5.84 Å². The smallest absolute Gasteiger partial charge is 0.214 e. The van der Waals surface area contributed by atoms with Gasteiger partial charge < -0.3 is 15.7 Å². The van der Waals surface area contributed by atoms with Crippen LogP contribution < -0.4 is 10.5 Å². The zero-order valence-corrected chi connectivity index (χ0v) is 12.8. The quantitative estimate of drug-likeness (QED) is 0.161. The molecule has 0 aromatic rings. The first-order valence-corrected chi connectivity index (χ1v) is 8.68. The van der Waals surface area contributed by atoms with Crippen LogP contribution >= 0.6 is 0 Å². The average Bonchev–Trinajstić information content (AvgIpc) is 2.64. The van der Waals surface area contributed by atoms with Gasteiger partial charge in [-0.15, -0.1) is 0 Å². The van der Waals surface area contributed by atoms with Crippen LogP contribution in [0.3, 0.4) is 0 Å². The molecular weight excluding hydrogens is 282 g/mol. The minimum absolute atomic E-state index is 0.0561. The Balaban J connectivity index is 2.84. The second-order valence-electron chi connectivity index (χ2n) is 5.10. The lowest BCUT2D eigenvalue weighted by Gasteiger charge is -2.32. The highest BCUT2D eigenvalue weighted by Gasteiger charge is 2.39. The van der Waals surface area contributed by atoms with Crippen molar-refractivity contribution in [3.63, 3.8) is 0 Å². The molecule has 118 valence electrons. The highest BCUT2D eigenvalue weighted by atomic mass is 32.2. The van der Waals surface area contributed by atoms with Gasteiger partial charge >= 0.3 is 0 Å². The Bertz CT molecular complexity index is 414. The van der Waals surface area contributed by atoms with Gasteiger partial charge in [-0.05, 0) is 19.8 Å². The molecule has 0 amide bonds. The van der Waals surface area contributed by atoms with Crippen molar-refractivity contribution < 1.29 is 18.4 Å². The second kappa shape index (κ2) is 7.80. The SMILES string of the molecule is CCOCCS(=O)(=O)NC1(C(N)=NO)CCCCCC1. The summed E-state index contributed by atoms with van der Waals surface area (Å²) in [6, 6.07) is 0. The van der Waals surface area contributed by atoms with Crippen LogP contribution in [0, 0.1) is 0 Å². The van der Waals surface area contributed by atoms with Gasteiger partial charge in [-0.25, -0.2) is 13.1 Å². The van der Waals surface area contributed by atoms with Crippen LogP contribution in [-0.2, 0) is 14.8 Å². The third-order valence-corrected chi connectivity index (χ3v) is 5.01. The van der Waals surface area contributed by atoms with E-state index in [1.807, 2.05) is 6.92 Å². The number of hydrogen-bond donors (Lipinski definition) is 3. The monoisotopic (exact) mass is 307 g/mol. The van der Waals surface area contributed by atoms with Crippen molar-refractivity contribution in [1.29, 1.82) is 0 Å². The number of rotatable bonds is 7. The van der Waals surface area contributed by atoms with Gasteiger partial charge in [-0.3, -0.25) is 0 Å². The third kappa shape index (κ3) is 4.92. The molecule has 0 aliphatic heterocycles. The summed E-state index contributed by atoms with van der Waals surface area (Å²) in [6.45, 7) is 2.42. The fraction of sp³-hybridized carbons (Fsp3) is 0.917. The number of ether oxygens (including phenoxy) is 1. The van der Waals surface area contributed by atoms with Crippen molar-refractivity contribution >= 4 is 15.9 Å². The predicted octanol–water partition coefficient (Wildman–Crippen LogP) is 0.782. The van der Waals surface area contributed by atoms with Gasteiger partial charge in [-0.1, -0.05) is 30.8 Å². The molecule has 7 nitrogen and oxygen atoms in total. The van der Waals surface area contributed by atoms with E-state index < -0.39 is 15.6 Å². The van der Waals surface area contributed by atoms with E-state index in [0.29, 0.717) is 19.4 Å². The maximum absolute atomic E-state index is 12.1. The zero-order chi connectivity index (χ0) is 15.1. The summed E-state index contributed by atoms with van der Waals surface area (Å²) < 4.78 is 32.0. The number of nitrogens with one attached hydrogen (secondary N) is 1. The van der Waals surface area contributed by atoms with E-state index in [2.05, 4.69) is 9.88 Å². The summed E-state index contributed by atoms with van der Waals surface area (Å²) in [7, 11) is -3.53. The Morgan fingerprint density at radius 2 is 1.95 bits per heavy atom. The molecule has 0 atom stereocenters. The van der Waals surface area contributed by atoms with Gasteiger partial charge in [0, 0.05) is 6.61 Å². The number of nitrogens with two attached hydrogens (primary N) is 1. The predicted molar refractivity (Wildman–Crippen MR) is 77.3 cm³/mol. The van der Waals surface area contributed by atoms with Crippen molar-refractivity contribution in [3.05, 3.63) is 0 Å². The Hall–Kier alpha value is -0.860. The average molecular weight is 307 g/mol. The molecule has 1 rings (SSSR count). The lowest BCUT2D eigenvalue weighted by molar-refractivity contribution is 0.163. The van der Waals surface area contributed by atoms with Gasteiger partial charge in [0.2, 0.25) is 10.0 Å². The van der Waals surface area contributed by atoms with Crippen LogP contribution in [-0.4, -0.2) is 44.0 Å². The molecule has 0 heterocycles. The largest absolute Gasteiger partial charge is 0.409 e. The molecule has 1 aliphatic rings. The van der Waals surface area contributed by atoms with E-state index in [-0.39, 0.29) is 18.2 Å². The molecule has 20 heavy (non-hydrogen) atoms. The lowest BCUT2D eigenvalue weighted by Crippen LogP contribution is -2.57. The Morgan fingerprint density at radius 1 is 1.35 bits per heavy atom. The first-order chi connectivity index (χ1) is 9.46. The number of oxime groups is 1. The van der Waals surface area contributed by atoms with Crippen LogP contribution in [0.25, 0.3) is 0 Å². The third-order valence-electron chi connectivity index (χ3n) is 3.61. The van der Waals surface area contributed by atoms with Crippen LogP contribution in [0.15, 0.2) is 5.16 Å². The standard InChI is InChI=1S/C12H25N3O4S/c1-2-19-9-10-20(17,18)15-12(11(13)14-16)7-5-3-4-6-8-12/h15-16H,2-10H2,1H3,(H2,13,14). The molecule has 4 N–H and O–H groups in total. The molecule has 0 spiro atoms. The lowest BCUT2D eigenvalue weighted by atomic mass is 9.90. The minimum atomic E-state index is -3.53. The molecule has 0 aromatic carbocycles. The number of hydrogen-bond acceptors (Lipinski definition) is 5. The van der Waals surface area contributed by atoms with Crippen LogP contribution in [0.4, 0.5) is 0 Å². The van der Waals surface area contributed by atoms with Crippen molar-refractivity contribution in [2.45, 2.75) is 51.0 Å². The van der Waals surface area contributed by atoms with Gasteiger partial charge in [0.05, 0.1) is 17.9 Å². The first-order valence-electron chi connectivity index (χ1n) is 7.03. The molecule has 0 radical (unpaired) electrons. The number of nitrogens with zero attached hydrogens (tertiary/aromatic N) is 1. The second-order valence-corrected chi connectivity index (χ2v) is 6.94. The normalized spacial score (nSPS) is 20.6. The molecule has 1 aliphatic carbocycles. The van der Waals surface area contributed by atoms with Crippen molar-refractivity contribution in [2.75, 3.05) is 19.0 Å². The van der Waals surface area contributed by atoms with Crippen LogP contribution in [0.2, 0.25) is 0 Å². The summed E-state index contributed by atoms with van der Waals surface area (Å²) >= 11 is 0. The highest BCUT2D eigenvalue weighted by molar-refractivity contribution is 7.89. The number of sulfonamides is 1. The zero-order valence-electron chi connectivity index (χ0n) is 12.0. The van der Waals surface area contributed by atoms with E-state index >= 15 is 0 Å². The van der Waals surface area contributed by atoms with Crippen LogP contribution in [0.5, 0.6) is 0 Å². The minimum Gasteiger partial charge on any atom is -0.409 e.